The van der Waals surface area contributed by atoms with Gasteiger partial charge in [0.15, 0.2) is 0 Å². The van der Waals surface area contributed by atoms with Gasteiger partial charge in [-0.2, -0.15) is 0 Å². The molecule has 1 atom stereocenters. The molecule has 0 saturated carbocycles. The lowest BCUT2D eigenvalue weighted by Crippen LogP contribution is -2.34. The Hall–Kier alpha value is -3.19. The van der Waals surface area contributed by atoms with E-state index in [1.165, 1.54) is 12.1 Å². The number of halogens is 1. The van der Waals surface area contributed by atoms with Crippen LogP contribution in [0.1, 0.15) is 44.0 Å². The molecule has 0 bridgehead atoms. The summed E-state index contributed by atoms with van der Waals surface area (Å²) in [4.78, 5) is 20.4. The van der Waals surface area contributed by atoms with Crippen molar-refractivity contribution in [2.24, 2.45) is 0 Å². The van der Waals surface area contributed by atoms with Gasteiger partial charge in [-0.1, -0.05) is 13.8 Å². The topological polar surface area (TPSA) is 63.7 Å². The van der Waals surface area contributed by atoms with Gasteiger partial charge in [0.25, 0.3) is 5.91 Å². The van der Waals surface area contributed by atoms with Gasteiger partial charge in [0.2, 0.25) is 0 Å². The molecule has 0 fully saturated rings. The number of aromatic nitrogens is 1. The molecule has 0 saturated heterocycles. The Balaban J connectivity index is 1.92. The molecule has 3 rings (SSSR count). The molecular weight excluding hydrogens is 433 g/mol. The highest BCUT2D eigenvalue weighted by Gasteiger charge is 2.18. The van der Waals surface area contributed by atoms with Gasteiger partial charge in [0.1, 0.15) is 17.3 Å². The average Bonchev–Trinajstić information content (AvgIpc) is 2.85. The molecule has 1 heterocycles. The van der Waals surface area contributed by atoms with Gasteiger partial charge in [-0.25, -0.2) is 9.37 Å². The van der Waals surface area contributed by atoms with Crippen LogP contribution in [0.25, 0.3) is 22.2 Å². The first kappa shape index (κ1) is 25.4. The molecule has 1 amide bonds. The second-order valence-electron chi connectivity index (χ2n) is 8.33. The first-order chi connectivity index (χ1) is 16.4. The number of hydrogen-bond donors (Lipinski definition) is 1. The molecular formula is C27H34FN3O3. The number of nitrogens with one attached hydrogen (secondary N) is 1. The molecule has 0 aliphatic rings. The molecule has 7 heteroatoms. The minimum atomic E-state index is -0.412. The molecule has 1 unspecified atom stereocenters. The van der Waals surface area contributed by atoms with Crippen LogP contribution in [0.3, 0.4) is 0 Å². The Morgan fingerprint density at radius 2 is 1.85 bits per heavy atom. The van der Waals surface area contributed by atoms with E-state index >= 15 is 0 Å². The number of carbonyl (C=O) groups is 1. The fourth-order valence-electron chi connectivity index (χ4n) is 4.07. The molecule has 1 N–H and O–H groups in total. The first-order valence-corrected chi connectivity index (χ1v) is 11.8. The van der Waals surface area contributed by atoms with E-state index in [2.05, 4.69) is 29.0 Å². The number of hydrogen-bond acceptors (Lipinski definition) is 5. The molecule has 182 valence electrons. The number of benzene rings is 2. The van der Waals surface area contributed by atoms with Gasteiger partial charge in [-0.15, -0.1) is 0 Å². The molecule has 2 aromatic carbocycles. The number of pyridine rings is 1. The second kappa shape index (κ2) is 11.8. The van der Waals surface area contributed by atoms with Gasteiger partial charge < -0.3 is 19.7 Å². The summed E-state index contributed by atoms with van der Waals surface area (Å²) in [7, 11) is 3.16. The standard InChI is InChI=1S/C27H34FN3O3/c1-6-31(7-2)14-8-9-18(3)29-27(32)23-17-25(30-24-13-10-19(28)15-22(23)24)21-12-11-20(33-4)16-26(21)34-5/h10-13,15-18H,6-9,14H2,1-5H3,(H,29,32). The number of amides is 1. The predicted molar refractivity (Wildman–Crippen MR) is 134 cm³/mol. The Morgan fingerprint density at radius 3 is 2.53 bits per heavy atom. The molecule has 6 nitrogen and oxygen atoms in total. The van der Waals surface area contributed by atoms with E-state index in [0.717, 1.165) is 38.0 Å². The lowest BCUT2D eigenvalue weighted by molar-refractivity contribution is 0.0939. The van der Waals surface area contributed by atoms with Crippen LogP contribution in [-0.4, -0.2) is 55.7 Å². The molecule has 0 spiro atoms. The van der Waals surface area contributed by atoms with Crippen molar-refractivity contribution in [1.29, 1.82) is 0 Å². The highest BCUT2D eigenvalue weighted by atomic mass is 19.1. The summed E-state index contributed by atoms with van der Waals surface area (Å²) in [6.45, 7) is 9.33. The summed E-state index contributed by atoms with van der Waals surface area (Å²) in [6, 6.07) is 11.4. The number of carbonyl (C=O) groups excluding carboxylic acids is 1. The van der Waals surface area contributed by atoms with Gasteiger partial charge in [0.05, 0.1) is 31.0 Å². The van der Waals surface area contributed by atoms with Crippen molar-refractivity contribution in [2.75, 3.05) is 33.9 Å². The summed E-state index contributed by atoms with van der Waals surface area (Å²) in [6.07, 6.45) is 1.85. The van der Waals surface area contributed by atoms with E-state index in [4.69, 9.17) is 9.47 Å². The van der Waals surface area contributed by atoms with E-state index in [9.17, 15) is 9.18 Å². The second-order valence-corrected chi connectivity index (χ2v) is 8.33. The van der Waals surface area contributed by atoms with Gasteiger partial charge in [-0.05, 0) is 75.8 Å². The van der Waals surface area contributed by atoms with E-state index in [1.807, 2.05) is 19.1 Å². The molecule has 3 aromatic rings. The third-order valence-electron chi connectivity index (χ3n) is 6.08. The monoisotopic (exact) mass is 467 g/mol. The predicted octanol–water partition coefficient (Wildman–Crippen LogP) is 5.30. The minimum Gasteiger partial charge on any atom is -0.497 e. The highest BCUT2D eigenvalue weighted by Crippen LogP contribution is 2.34. The van der Waals surface area contributed by atoms with Crippen LogP contribution in [0.2, 0.25) is 0 Å². The van der Waals surface area contributed by atoms with Crippen LogP contribution in [0.5, 0.6) is 11.5 Å². The molecule has 1 aromatic heterocycles. The fourth-order valence-corrected chi connectivity index (χ4v) is 4.07. The van der Waals surface area contributed by atoms with E-state index < -0.39 is 5.82 Å². The summed E-state index contributed by atoms with van der Waals surface area (Å²) in [5.74, 6) is 0.567. The van der Waals surface area contributed by atoms with Crippen LogP contribution < -0.4 is 14.8 Å². The van der Waals surface area contributed by atoms with Crippen molar-refractivity contribution >= 4 is 16.8 Å². The van der Waals surface area contributed by atoms with Crippen LogP contribution in [0, 0.1) is 5.82 Å². The number of ether oxygens (including phenoxy) is 2. The Bertz CT molecular complexity index is 1130. The van der Waals surface area contributed by atoms with E-state index in [-0.39, 0.29) is 11.9 Å². The number of rotatable bonds is 11. The SMILES string of the molecule is CCN(CC)CCCC(C)NC(=O)c1cc(-c2ccc(OC)cc2OC)nc2ccc(F)cc12. The van der Waals surface area contributed by atoms with Crippen molar-refractivity contribution in [2.45, 2.75) is 39.7 Å². The summed E-state index contributed by atoms with van der Waals surface area (Å²) in [5, 5.41) is 3.56. The van der Waals surface area contributed by atoms with Crippen LogP contribution in [0.4, 0.5) is 4.39 Å². The molecule has 0 aliphatic carbocycles. The highest BCUT2D eigenvalue weighted by molar-refractivity contribution is 6.07. The Morgan fingerprint density at radius 1 is 1.09 bits per heavy atom. The Labute approximate surface area is 201 Å². The zero-order valence-corrected chi connectivity index (χ0v) is 20.7. The summed E-state index contributed by atoms with van der Waals surface area (Å²) in [5.41, 5.74) is 2.21. The summed E-state index contributed by atoms with van der Waals surface area (Å²) < 4.78 is 24.9. The Kier molecular flexibility index (Phi) is 8.82. The fraction of sp³-hybridized carbons (Fsp3) is 0.407. The maximum atomic E-state index is 14.1. The molecule has 0 aliphatic heterocycles. The quantitative estimate of drug-likeness (QED) is 0.415. The van der Waals surface area contributed by atoms with Crippen molar-refractivity contribution in [3.63, 3.8) is 0 Å². The largest absolute Gasteiger partial charge is 0.497 e. The maximum Gasteiger partial charge on any atom is 0.252 e. The van der Waals surface area contributed by atoms with Crippen molar-refractivity contribution in [3.05, 3.63) is 53.8 Å². The zero-order valence-electron chi connectivity index (χ0n) is 20.7. The van der Waals surface area contributed by atoms with Crippen molar-refractivity contribution < 1.29 is 18.7 Å². The van der Waals surface area contributed by atoms with Crippen LogP contribution in [-0.2, 0) is 0 Å². The lowest BCUT2D eigenvalue weighted by Gasteiger charge is -2.20. The first-order valence-electron chi connectivity index (χ1n) is 11.8. The number of fused-ring (bicyclic) bond motifs is 1. The van der Waals surface area contributed by atoms with Crippen LogP contribution >= 0.6 is 0 Å². The average molecular weight is 468 g/mol. The van der Waals surface area contributed by atoms with E-state index in [0.29, 0.717) is 33.7 Å². The minimum absolute atomic E-state index is 0.0150. The third-order valence-corrected chi connectivity index (χ3v) is 6.08. The lowest BCUT2D eigenvalue weighted by atomic mass is 10.0. The smallest absolute Gasteiger partial charge is 0.252 e. The van der Waals surface area contributed by atoms with Crippen molar-refractivity contribution in [3.8, 4) is 22.8 Å². The molecule has 0 radical (unpaired) electrons. The third kappa shape index (κ3) is 6.03. The number of nitrogens with zero attached hydrogens (tertiary/aromatic N) is 2. The zero-order chi connectivity index (χ0) is 24.7. The van der Waals surface area contributed by atoms with E-state index in [1.54, 1.807) is 32.4 Å². The van der Waals surface area contributed by atoms with Crippen molar-refractivity contribution in [1.82, 2.24) is 15.2 Å². The normalized spacial score (nSPS) is 12.1. The number of methoxy groups -OCH3 is 2. The van der Waals surface area contributed by atoms with Gasteiger partial charge in [0, 0.05) is 23.1 Å². The maximum absolute atomic E-state index is 14.1. The summed E-state index contributed by atoms with van der Waals surface area (Å²) >= 11 is 0. The van der Waals surface area contributed by atoms with Crippen LogP contribution in [0.15, 0.2) is 42.5 Å². The van der Waals surface area contributed by atoms with Gasteiger partial charge >= 0.3 is 0 Å². The van der Waals surface area contributed by atoms with Gasteiger partial charge in [-0.3, -0.25) is 4.79 Å². The molecule has 34 heavy (non-hydrogen) atoms.